The lowest BCUT2D eigenvalue weighted by atomic mass is 9.91. The number of amides is 1. The molecule has 1 fully saturated rings. The van der Waals surface area contributed by atoms with Gasteiger partial charge in [0.05, 0.1) is 17.8 Å². The molecule has 1 atom stereocenters. The molecule has 0 aliphatic carbocycles. The van der Waals surface area contributed by atoms with Gasteiger partial charge >= 0.3 is 0 Å². The van der Waals surface area contributed by atoms with Gasteiger partial charge in [-0.2, -0.15) is 0 Å². The van der Waals surface area contributed by atoms with E-state index in [1.807, 2.05) is 35.4 Å². The van der Waals surface area contributed by atoms with Gasteiger partial charge < -0.3 is 9.88 Å². The van der Waals surface area contributed by atoms with Crippen LogP contribution in [0.3, 0.4) is 0 Å². The number of hydrogen-bond acceptors (Lipinski definition) is 3. The van der Waals surface area contributed by atoms with Gasteiger partial charge in [-0.05, 0) is 36.6 Å². The molecule has 31 heavy (non-hydrogen) atoms. The quantitative estimate of drug-likeness (QED) is 0.526. The van der Waals surface area contributed by atoms with Gasteiger partial charge in [0.1, 0.15) is 5.82 Å². The normalized spacial score (nSPS) is 16.5. The van der Waals surface area contributed by atoms with E-state index in [-0.39, 0.29) is 17.6 Å². The van der Waals surface area contributed by atoms with Crippen molar-refractivity contribution in [3.63, 3.8) is 0 Å². The molecule has 6 heteroatoms. The summed E-state index contributed by atoms with van der Waals surface area (Å²) in [7, 11) is 0. The lowest BCUT2D eigenvalue weighted by Crippen LogP contribution is -2.40. The van der Waals surface area contributed by atoms with Gasteiger partial charge in [0.25, 0.3) is 0 Å². The molecule has 2 aromatic carbocycles. The lowest BCUT2D eigenvalue weighted by molar-refractivity contribution is -0.131. The molecule has 3 heterocycles. The van der Waals surface area contributed by atoms with E-state index >= 15 is 0 Å². The van der Waals surface area contributed by atoms with Crippen molar-refractivity contribution in [2.45, 2.75) is 25.2 Å². The second-order valence-electron chi connectivity index (χ2n) is 7.99. The van der Waals surface area contributed by atoms with Gasteiger partial charge in [0.15, 0.2) is 0 Å². The summed E-state index contributed by atoms with van der Waals surface area (Å²) < 4.78 is 14.4. The van der Waals surface area contributed by atoms with E-state index in [1.165, 1.54) is 6.07 Å². The zero-order chi connectivity index (χ0) is 21.2. The molecular formula is C25H23FN4O. The third-order valence-electron chi connectivity index (χ3n) is 6.03. The van der Waals surface area contributed by atoms with E-state index in [2.05, 4.69) is 15.0 Å². The van der Waals surface area contributed by atoms with Crippen LogP contribution < -0.4 is 0 Å². The third-order valence-corrected chi connectivity index (χ3v) is 6.03. The van der Waals surface area contributed by atoms with Crippen LogP contribution in [-0.2, 0) is 11.2 Å². The Kier molecular flexibility index (Phi) is 5.20. The first-order valence-corrected chi connectivity index (χ1v) is 10.6. The number of nitrogens with one attached hydrogen (secondary N) is 1. The molecule has 1 aliphatic heterocycles. The summed E-state index contributed by atoms with van der Waals surface area (Å²) in [5, 5.41) is 1.08. The molecule has 1 saturated heterocycles. The minimum Gasteiger partial charge on any atom is -0.361 e. The molecule has 156 valence electrons. The third kappa shape index (κ3) is 3.81. The highest BCUT2D eigenvalue weighted by Gasteiger charge is 2.28. The molecule has 0 spiro atoms. The maximum Gasteiger partial charge on any atom is 0.227 e. The number of fused-ring (bicyclic) bond motifs is 1. The molecule has 0 radical (unpaired) electrons. The molecule has 1 unspecified atom stereocenters. The summed E-state index contributed by atoms with van der Waals surface area (Å²) in [6.45, 7) is 1.30. The van der Waals surface area contributed by atoms with Crippen LogP contribution in [0.25, 0.3) is 22.2 Å². The highest BCUT2D eigenvalue weighted by molar-refractivity contribution is 5.89. The van der Waals surface area contributed by atoms with Gasteiger partial charge in [-0.3, -0.25) is 14.8 Å². The molecule has 4 aromatic rings. The van der Waals surface area contributed by atoms with E-state index in [0.29, 0.717) is 24.2 Å². The standard InChI is InChI=1S/C25H23FN4O/c26-21-9-3-1-8-20(21)25-24(27-11-12-28-25)17-6-5-13-30(16-17)23(31)14-18-15-29-22-10-4-2-7-19(18)22/h1-4,7-12,15,17,29H,5-6,13-14,16H2. The molecule has 1 N–H and O–H groups in total. The number of likely N-dealkylation sites (tertiary alicyclic amines) is 1. The largest absolute Gasteiger partial charge is 0.361 e. The van der Waals surface area contributed by atoms with E-state index in [0.717, 1.165) is 41.5 Å². The minimum absolute atomic E-state index is 0.0315. The summed E-state index contributed by atoms with van der Waals surface area (Å²) >= 11 is 0. The van der Waals surface area contributed by atoms with Crippen molar-refractivity contribution in [2.24, 2.45) is 0 Å². The van der Waals surface area contributed by atoms with Gasteiger partial charge in [-0.1, -0.05) is 30.3 Å². The first-order chi connectivity index (χ1) is 15.2. The Morgan fingerprint density at radius 1 is 1.10 bits per heavy atom. The molecule has 5 rings (SSSR count). The van der Waals surface area contributed by atoms with Crippen LogP contribution in [0.5, 0.6) is 0 Å². The van der Waals surface area contributed by atoms with Crippen molar-refractivity contribution in [1.82, 2.24) is 19.9 Å². The summed E-state index contributed by atoms with van der Waals surface area (Å²) in [5.41, 5.74) is 3.83. The number of benzene rings is 2. The summed E-state index contributed by atoms with van der Waals surface area (Å²) in [6.07, 6.45) is 7.30. The topological polar surface area (TPSA) is 61.9 Å². The van der Waals surface area contributed by atoms with Gasteiger partial charge in [0, 0.05) is 54.1 Å². The van der Waals surface area contributed by atoms with Crippen LogP contribution in [-0.4, -0.2) is 38.8 Å². The Bertz CT molecular complexity index is 1230. The summed E-state index contributed by atoms with van der Waals surface area (Å²) in [4.78, 5) is 27.3. The van der Waals surface area contributed by atoms with Crippen LogP contribution in [0.15, 0.2) is 67.1 Å². The number of hydrogen-bond donors (Lipinski definition) is 1. The second kappa shape index (κ2) is 8.30. The number of carbonyl (C=O) groups is 1. The van der Waals surface area contributed by atoms with Gasteiger partial charge in [-0.25, -0.2) is 4.39 Å². The maximum absolute atomic E-state index is 14.4. The van der Waals surface area contributed by atoms with Crippen LogP contribution >= 0.6 is 0 Å². The van der Waals surface area contributed by atoms with Crippen molar-refractivity contribution in [3.8, 4) is 11.3 Å². The first-order valence-electron chi connectivity index (χ1n) is 10.6. The molecule has 0 saturated carbocycles. The average molecular weight is 414 g/mol. The fourth-order valence-corrected chi connectivity index (χ4v) is 4.49. The average Bonchev–Trinajstić information content (AvgIpc) is 3.22. The molecule has 1 amide bonds. The number of halogens is 1. The van der Waals surface area contributed by atoms with Crippen molar-refractivity contribution in [2.75, 3.05) is 13.1 Å². The number of piperidine rings is 1. The van der Waals surface area contributed by atoms with Gasteiger partial charge in [-0.15, -0.1) is 0 Å². The molecule has 1 aliphatic rings. The van der Waals surface area contributed by atoms with Crippen LogP contribution in [0.1, 0.15) is 30.0 Å². The van der Waals surface area contributed by atoms with Crippen LogP contribution in [0.4, 0.5) is 4.39 Å². The number of H-pyrrole nitrogens is 1. The Morgan fingerprint density at radius 2 is 1.90 bits per heavy atom. The van der Waals surface area contributed by atoms with Crippen LogP contribution in [0, 0.1) is 5.82 Å². The number of aromatic amines is 1. The number of nitrogens with zero attached hydrogens (tertiary/aromatic N) is 3. The van der Waals surface area contributed by atoms with E-state index in [9.17, 15) is 9.18 Å². The Balaban J connectivity index is 1.38. The summed E-state index contributed by atoms with van der Waals surface area (Å²) in [5.74, 6) is -0.179. The second-order valence-corrected chi connectivity index (χ2v) is 7.99. The minimum atomic E-state index is -0.313. The van der Waals surface area contributed by atoms with Crippen molar-refractivity contribution in [1.29, 1.82) is 0 Å². The fourth-order valence-electron chi connectivity index (χ4n) is 4.49. The van der Waals surface area contributed by atoms with E-state index < -0.39 is 0 Å². The monoisotopic (exact) mass is 414 g/mol. The number of carbonyl (C=O) groups excluding carboxylic acids is 1. The predicted molar refractivity (Wildman–Crippen MR) is 118 cm³/mol. The Hall–Kier alpha value is -3.54. The highest BCUT2D eigenvalue weighted by atomic mass is 19.1. The van der Waals surface area contributed by atoms with Crippen LogP contribution in [0.2, 0.25) is 0 Å². The van der Waals surface area contributed by atoms with E-state index in [1.54, 1.807) is 30.6 Å². The first kappa shape index (κ1) is 19.4. The Labute approximate surface area is 180 Å². The van der Waals surface area contributed by atoms with Gasteiger partial charge in [0.2, 0.25) is 5.91 Å². The predicted octanol–water partition coefficient (Wildman–Crippen LogP) is 4.71. The molecule has 5 nitrogen and oxygen atoms in total. The zero-order valence-corrected chi connectivity index (χ0v) is 17.1. The Morgan fingerprint density at radius 3 is 2.81 bits per heavy atom. The maximum atomic E-state index is 14.4. The SMILES string of the molecule is O=C(Cc1c[nH]c2ccccc12)N1CCCC(c2nccnc2-c2ccccc2F)C1. The number of para-hydroxylation sites is 1. The van der Waals surface area contributed by atoms with E-state index in [4.69, 9.17) is 0 Å². The molecule has 0 bridgehead atoms. The summed E-state index contributed by atoms with van der Waals surface area (Å²) in [6, 6.07) is 14.6. The smallest absolute Gasteiger partial charge is 0.227 e. The number of aromatic nitrogens is 3. The van der Waals surface area contributed by atoms with Crippen molar-refractivity contribution < 1.29 is 9.18 Å². The fraction of sp³-hybridized carbons (Fsp3) is 0.240. The number of rotatable bonds is 4. The highest BCUT2D eigenvalue weighted by Crippen LogP contribution is 2.33. The van der Waals surface area contributed by atoms with Crippen molar-refractivity contribution >= 4 is 16.8 Å². The molecule has 2 aromatic heterocycles. The molecular weight excluding hydrogens is 391 g/mol. The zero-order valence-electron chi connectivity index (χ0n) is 17.1. The van der Waals surface area contributed by atoms with Crippen molar-refractivity contribution in [3.05, 3.63) is 84.2 Å². The lowest BCUT2D eigenvalue weighted by Gasteiger charge is -2.33.